The normalized spacial score (nSPS) is 10.7. The molecule has 1 aromatic carbocycles. The molecular weight excluding hydrogens is 183 g/mol. The molecule has 0 saturated carbocycles. The SMILES string of the molecule is Cc1nn(CC=O)c2ccc(F)cc12. The highest BCUT2D eigenvalue weighted by atomic mass is 19.1. The van der Waals surface area contributed by atoms with Crippen molar-refractivity contribution in [1.82, 2.24) is 9.78 Å². The van der Waals surface area contributed by atoms with Gasteiger partial charge in [0.2, 0.25) is 0 Å². The second-order valence-electron chi connectivity index (χ2n) is 3.10. The molecule has 0 N–H and O–H groups in total. The molecule has 0 spiro atoms. The van der Waals surface area contributed by atoms with Crippen LogP contribution in [0.2, 0.25) is 0 Å². The third-order valence-electron chi connectivity index (χ3n) is 2.14. The van der Waals surface area contributed by atoms with E-state index in [1.54, 1.807) is 17.7 Å². The summed E-state index contributed by atoms with van der Waals surface area (Å²) in [6.45, 7) is 2.00. The van der Waals surface area contributed by atoms with Crippen LogP contribution in [-0.4, -0.2) is 16.1 Å². The van der Waals surface area contributed by atoms with E-state index in [4.69, 9.17) is 0 Å². The van der Waals surface area contributed by atoms with Crippen LogP contribution in [0, 0.1) is 12.7 Å². The van der Waals surface area contributed by atoms with Crippen LogP contribution in [0.15, 0.2) is 18.2 Å². The van der Waals surface area contributed by atoms with Crippen LogP contribution in [-0.2, 0) is 11.3 Å². The molecule has 0 atom stereocenters. The van der Waals surface area contributed by atoms with E-state index in [1.807, 2.05) is 0 Å². The van der Waals surface area contributed by atoms with Crippen molar-refractivity contribution < 1.29 is 9.18 Å². The second kappa shape index (κ2) is 3.21. The Bertz CT molecular complexity index is 490. The van der Waals surface area contributed by atoms with Crippen molar-refractivity contribution in [2.45, 2.75) is 13.5 Å². The summed E-state index contributed by atoms with van der Waals surface area (Å²) in [5.41, 5.74) is 1.53. The Hall–Kier alpha value is -1.71. The van der Waals surface area contributed by atoms with Gasteiger partial charge in [0.1, 0.15) is 12.1 Å². The van der Waals surface area contributed by atoms with Gasteiger partial charge in [0.15, 0.2) is 0 Å². The van der Waals surface area contributed by atoms with Gasteiger partial charge in [-0.3, -0.25) is 4.68 Å². The summed E-state index contributed by atoms with van der Waals surface area (Å²) in [5, 5.41) is 4.90. The molecule has 0 radical (unpaired) electrons. The van der Waals surface area contributed by atoms with Crippen molar-refractivity contribution in [3.05, 3.63) is 29.7 Å². The van der Waals surface area contributed by atoms with Crippen LogP contribution in [0.4, 0.5) is 4.39 Å². The molecule has 0 fully saturated rings. The Kier molecular flexibility index (Phi) is 2.04. The van der Waals surface area contributed by atoms with E-state index in [2.05, 4.69) is 5.10 Å². The van der Waals surface area contributed by atoms with Crippen LogP contribution >= 0.6 is 0 Å². The van der Waals surface area contributed by atoms with Gasteiger partial charge < -0.3 is 4.79 Å². The van der Waals surface area contributed by atoms with E-state index in [0.29, 0.717) is 0 Å². The van der Waals surface area contributed by atoms with E-state index in [-0.39, 0.29) is 12.4 Å². The first-order chi connectivity index (χ1) is 6.72. The molecule has 72 valence electrons. The van der Waals surface area contributed by atoms with Crippen molar-refractivity contribution in [1.29, 1.82) is 0 Å². The molecule has 0 bridgehead atoms. The number of aromatic nitrogens is 2. The number of fused-ring (bicyclic) bond motifs is 1. The van der Waals surface area contributed by atoms with Crippen LogP contribution in [0.25, 0.3) is 10.9 Å². The summed E-state index contributed by atoms with van der Waals surface area (Å²) in [6, 6.07) is 4.43. The van der Waals surface area contributed by atoms with E-state index < -0.39 is 0 Å². The zero-order valence-electron chi connectivity index (χ0n) is 7.70. The van der Waals surface area contributed by atoms with Crippen molar-refractivity contribution in [3.63, 3.8) is 0 Å². The molecule has 0 saturated heterocycles. The van der Waals surface area contributed by atoms with Crippen molar-refractivity contribution in [2.75, 3.05) is 0 Å². The lowest BCUT2D eigenvalue weighted by atomic mass is 10.2. The molecule has 0 unspecified atom stereocenters. The molecule has 1 aromatic heterocycles. The van der Waals surface area contributed by atoms with Gasteiger partial charge in [0.25, 0.3) is 0 Å². The van der Waals surface area contributed by atoms with E-state index in [0.717, 1.165) is 22.9 Å². The van der Waals surface area contributed by atoms with Crippen LogP contribution < -0.4 is 0 Å². The quantitative estimate of drug-likeness (QED) is 0.678. The maximum atomic E-state index is 12.9. The van der Waals surface area contributed by atoms with Gasteiger partial charge in [-0.05, 0) is 25.1 Å². The lowest BCUT2D eigenvalue weighted by molar-refractivity contribution is -0.108. The highest BCUT2D eigenvalue weighted by Gasteiger charge is 2.06. The van der Waals surface area contributed by atoms with Crippen molar-refractivity contribution in [3.8, 4) is 0 Å². The van der Waals surface area contributed by atoms with Gasteiger partial charge in [0.05, 0.1) is 17.8 Å². The van der Waals surface area contributed by atoms with E-state index in [1.165, 1.54) is 12.1 Å². The number of hydrogen-bond donors (Lipinski definition) is 0. The molecule has 1 heterocycles. The summed E-state index contributed by atoms with van der Waals surface area (Å²) in [4.78, 5) is 10.4. The van der Waals surface area contributed by atoms with Crippen LogP contribution in [0.1, 0.15) is 5.69 Å². The number of aldehydes is 1. The molecule has 0 aliphatic heterocycles. The van der Waals surface area contributed by atoms with Crippen molar-refractivity contribution >= 4 is 17.2 Å². The zero-order valence-corrected chi connectivity index (χ0v) is 7.70. The number of carbonyl (C=O) groups excluding carboxylic acids is 1. The van der Waals surface area contributed by atoms with Crippen LogP contribution in [0.3, 0.4) is 0 Å². The molecule has 0 aliphatic carbocycles. The monoisotopic (exact) mass is 192 g/mol. The summed E-state index contributed by atoms with van der Waals surface area (Å²) in [7, 11) is 0. The lowest BCUT2D eigenvalue weighted by Gasteiger charge is -1.96. The fraction of sp³-hybridized carbons (Fsp3) is 0.200. The number of halogens is 1. The molecule has 0 amide bonds. The number of rotatable bonds is 2. The van der Waals surface area contributed by atoms with Gasteiger partial charge in [-0.25, -0.2) is 4.39 Å². The zero-order chi connectivity index (χ0) is 10.1. The molecule has 14 heavy (non-hydrogen) atoms. The highest BCUT2D eigenvalue weighted by Crippen LogP contribution is 2.18. The highest BCUT2D eigenvalue weighted by molar-refractivity contribution is 5.82. The minimum Gasteiger partial charge on any atom is -0.301 e. The first-order valence-electron chi connectivity index (χ1n) is 4.28. The average molecular weight is 192 g/mol. The first kappa shape index (κ1) is 8.87. The van der Waals surface area contributed by atoms with Crippen molar-refractivity contribution in [2.24, 2.45) is 0 Å². The predicted molar refractivity (Wildman–Crippen MR) is 50.5 cm³/mol. The summed E-state index contributed by atoms with van der Waals surface area (Å²) in [5.74, 6) is -0.286. The maximum absolute atomic E-state index is 12.9. The Balaban J connectivity index is 2.70. The summed E-state index contributed by atoms with van der Waals surface area (Å²) in [6.07, 6.45) is 0.773. The number of benzene rings is 1. The maximum Gasteiger partial charge on any atom is 0.141 e. The average Bonchev–Trinajstić information content (AvgIpc) is 2.44. The Morgan fingerprint density at radius 1 is 1.57 bits per heavy atom. The number of carbonyl (C=O) groups is 1. The number of aryl methyl sites for hydroxylation is 1. The molecule has 2 rings (SSSR count). The summed E-state index contributed by atoms with van der Waals surface area (Å²) >= 11 is 0. The molecule has 3 nitrogen and oxygen atoms in total. The lowest BCUT2D eigenvalue weighted by Crippen LogP contribution is -2.00. The van der Waals surface area contributed by atoms with Gasteiger partial charge in [-0.2, -0.15) is 5.10 Å². The van der Waals surface area contributed by atoms with Gasteiger partial charge in [0, 0.05) is 5.39 Å². The smallest absolute Gasteiger partial charge is 0.141 e. The molecule has 2 aromatic rings. The predicted octanol–water partition coefficient (Wildman–Crippen LogP) is 1.68. The van der Waals surface area contributed by atoms with E-state index in [9.17, 15) is 9.18 Å². The first-order valence-corrected chi connectivity index (χ1v) is 4.28. The molecule has 4 heteroatoms. The van der Waals surface area contributed by atoms with E-state index >= 15 is 0 Å². The Labute approximate surface area is 80.1 Å². The minimum absolute atomic E-state index is 0.204. The third-order valence-corrected chi connectivity index (χ3v) is 2.14. The minimum atomic E-state index is -0.286. The Morgan fingerprint density at radius 2 is 2.36 bits per heavy atom. The largest absolute Gasteiger partial charge is 0.301 e. The van der Waals surface area contributed by atoms with Gasteiger partial charge >= 0.3 is 0 Å². The van der Waals surface area contributed by atoms with Gasteiger partial charge in [-0.1, -0.05) is 0 Å². The topological polar surface area (TPSA) is 34.9 Å². The number of nitrogens with zero attached hydrogens (tertiary/aromatic N) is 2. The second-order valence-corrected chi connectivity index (χ2v) is 3.10. The standard InChI is InChI=1S/C10H9FN2O/c1-7-9-6-8(11)2-3-10(9)13(12-7)4-5-14/h2-3,5-6H,4H2,1H3. The Morgan fingerprint density at radius 3 is 3.07 bits per heavy atom. The summed E-state index contributed by atoms with van der Waals surface area (Å²) < 4.78 is 14.5. The fourth-order valence-corrected chi connectivity index (χ4v) is 1.52. The fourth-order valence-electron chi connectivity index (χ4n) is 1.52. The molecular formula is C10H9FN2O. The molecule has 0 aliphatic rings. The van der Waals surface area contributed by atoms with Gasteiger partial charge in [-0.15, -0.1) is 0 Å². The number of hydrogen-bond acceptors (Lipinski definition) is 2. The third kappa shape index (κ3) is 1.28. The van der Waals surface area contributed by atoms with Crippen LogP contribution in [0.5, 0.6) is 0 Å².